The minimum atomic E-state index is -0.206. The van der Waals surface area contributed by atoms with Crippen molar-refractivity contribution in [1.29, 1.82) is 0 Å². The number of likely N-dealkylation sites (tertiary alicyclic amines) is 1. The lowest BCUT2D eigenvalue weighted by Crippen LogP contribution is -2.32. The first-order chi connectivity index (χ1) is 11.2. The van der Waals surface area contributed by atoms with Crippen LogP contribution in [0.15, 0.2) is 24.3 Å². The molecule has 0 unspecified atom stereocenters. The normalized spacial score (nSPS) is 16.8. The molecule has 3 rings (SSSR count). The average molecular weight is 315 g/mol. The third kappa shape index (κ3) is 3.72. The van der Waals surface area contributed by atoms with Gasteiger partial charge < -0.3 is 9.64 Å². The van der Waals surface area contributed by atoms with Gasteiger partial charge in [-0.25, -0.2) is 0 Å². The van der Waals surface area contributed by atoms with Crippen LogP contribution >= 0.6 is 0 Å². The van der Waals surface area contributed by atoms with Crippen molar-refractivity contribution >= 4 is 16.9 Å². The second-order valence-electron chi connectivity index (χ2n) is 6.37. The summed E-state index contributed by atoms with van der Waals surface area (Å²) in [5.41, 5.74) is 1.94. The van der Waals surface area contributed by atoms with Crippen LogP contribution in [0.5, 0.6) is 0 Å². The van der Waals surface area contributed by atoms with E-state index in [4.69, 9.17) is 9.84 Å². The number of fused-ring (bicyclic) bond motifs is 1. The van der Waals surface area contributed by atoms with E-state index in [1.54, 1.807) is 0 Å². The van der Waals surface area contributed by atoms with E-state index in [2.05, 4.69) is 22.7 Å². The lowest BCUT2D eigenvalue weighted by molar-refractivity contribution is -0.142. The predicted octanol–water partition coefficient (Wildman–Crippen LogP) is 2.48. The maximum Gasteiger partial charge on any atom is 0.311 e. The number of aromatic nitrogens is 2. The highest BCUT2D eigenvalue weighted by molar-refractivity contribution is 5.86. The lowest BCUT2D eigenvalue weighted by atomic mass is 9.97. The van der Waals surface area contributed by atoms with Crippen LogP contribution in [0.2, 0.25) is 0 Å². The summed E-state index contributed by atoms with van der Waals surface area (Å²) < 4.78 is 7.16. The van der Waals surface area contributed by atoms with Gasteiger partial charge in [0.25, 0.3) is 0 Å². The third-order valence-electron chi connectivity index (χ3n) is 4.62. The van der Waals surface area contributed by atoms with Crippen molar-refractivity contribution < 1.29 is 9.53 Å². The number of carbonyl (C=O) groups excluding carboxylic acids is 1. The van der Waals surface area contributed by atoms with Crippen molar-refractivity contribution in [2.45, 2.75) is 32.7 Å². The fourth-order valence-corrected chi connectivity index (χ4v) is 3.30. The molecule has 1 aliphatic heterocycles. The van der Waals surface area contributed by atoms with Crippen LogP contribution in [0.4, 0.5) is 0 Å². The van der Waals surface area contributed by atoms with Crippen molar-refractivity contribution in [2.24, 2.45) is 5.92 Å². The van der Waals surface area contributed by atoms with Gasteiger partial charge in [-0.15, -0.1) is 0 Å². The highest BCUT2D eigenvalue weighted by Crippen LogP contribution is 2.23. The Morgan fingerprint density at radius 2 is 2.04 bits per heavy atom. The topological polar surface area (TPSA) is 47.4 Å². The smallest absolute Gasteiger partial charge is 0.311 e. The summed E-state index contributed by atoms with van der Waals surface area (Å²) in [6.45, 7) is 5.47. The molecule has 23 heavy (non-hydrogen) atoms. The summed E-state index contributed by atoms with van der Waals surface area (Å²) in [7, 11) is 2.18. The van der Waals surface area contributed by atoms with Crippen LogP contribution in [0.3, 0.4) is 0 Å². The van der Waals surface area contributed by atoms with Crippen LogP contribution < -0.4 is 0 Å². The summed E-state index contributed by atoms with van der Waals surface area (Å²) >= 11 is 0. The first kappa shape index (κ1) is 16.0. The molecular formula is C18H25N3O2. The Balaban J connectivity index is 1.81. The fraction of sp³-hybridized carbons (Fsp3) is 0.556. The van der Waals surface area contributed by atoms with Crippen molar-refractivity contribution in [3.63, 3.8) is 0 Å². The highest BCUT2D eigenvalue weighted by Gasteiger charge is 2.20. The van der Waals surface area contributed by atoms with Crippen molar-refractivity contribution in [1.82, 2.24) is 14.7 Å². The number of benzene rings is 1. The quantitative estimate of drug-likeness (QED) is 0.795. The molecule has 0 N–H and O–H groups in total. The Kier molecular flexibility index (Phi) is 4.96. The van der Waals surface area contributed by atoms with E-state index in [0.29, 0.717) is 12.5 Å². The van der Waals surface area contributed by atoms with E-state index in [0.717, 1.165) is 36.2 Å². The van der Waals surface area contributed by atoms with Crippen LogP contribution in [0.25, 0.3) is 10.9 Å². The summed E-state index contributed by atoms with van der Waals surface area (Å²) in [4.78, 5) is 14.2. The second-order valence-corrected chi connectivity index (χ2v) is 6.37. The second kappa shape index (κ2) is 7.13. The monoisotopic (exact) mass is 315 g/mol. The molecule has 0 saturated carbocycles. The predicted molar refractivity (Wildman–Crippen MR) is 90.3 cm³/mol. The van der Waals surface area contributed by atoms with E-state index in [1.165, 1.54) is 12.8 Å². The van der Waals surface area contributed by atoms with E-state index in [1.807, 2.05) is 25.1 Å². The zero-order chi connectivity index (χ0) is 16.2. The maximum absolute atomic E-state index is 11.8. The average Bonchev–Trinajstić information content (AvgIpc) is 2.88. The molecule has 1 aliphatic rings. The number of carbonyl (C=O) groups is 1. The SMILES string of the molecule is CCOC(=O)Cc1nn(CC2CCN(C)CC2)c2ccccc12. The molecule has 5 heteroatoms. The van der Waals surface area contributed by atoms with Gasteiger partial charge in [-0.05, 0) is 51.9 Å². The molecule has 124 valence electrons. The summed E-state index contributed by atoms with van der Waals surface area (Å²) in [6, 6.07) is 8.16. The largest absolute Gasteiger partial charge is 0.466 e. The van der Waals surface area contributed by atoms with Crippen molar-refractivity contribution in [3.05, 3.63) is 30.0 Å². The van der Waals surface area contributed by atoms with Crippen LogP contribution in [-0.4, -0.2) is 47.4 Å². The van der Waals surface area contributed by atoms with E-state index in [-0.39, 0.29) is 12.4 Å². The van der Waals surface area contributed by atoms with Gasteiger partial charge in [-0.2, -0.15) is 5.10 Å². The number of hydrogen-bond donors (Lipinski definition) is 0. The number of ether oxygens (including phenoxy) is 1. The number of para-hydroxylation sites is 1. The zero-order valence-corrected chi connectivity index (χ0v) is 14.0. The summed E-state index contributed by atoms with van der Waals surface area (Å²) in [5.74, 6) is 0.451. The molecule has 0 atom stereocenters. The Labute approximate surface area is 137 Å². The molecule has 0 amide bonds. The summed E-state index contributed by atoms with van der Waals surface area (Å²) in [6.07, 6.45) is 2.66. The molecule has 0 aliphatic carbocycles. The lowest BCUT2D eigenvalue weighted by Gasteiger charge is -2.28. The van der Waals surface area contributed by atoms with Gasteiger partial charge in [0.05, 0.1) is 24.2 Å². The van der Waals surface area contributed by atoms with Gasteiger partial charge >= 0.3 is 5.97 Å². The van der Waals surface area contributed by atoms with Gasteiger partial charge in [0.1, 0.15) is 0 Å². The van der Waals surface area contributed by atoms with Crippen LogP contribution in [-0.2, 0) is 22.5 Å². The van der Waals surface area contributed by atoms with Crippen LogP contribution in [0.1, 0.15) is 25.5 Å². The first-order valence-corrected chi connectivity index (χ1v) is 8.46. The number of hydrogen-bond acceptors (Lipinski definition) is 4. The Hall–Kier alpha value is -1.88. The Morgan fingerprint density at radius 3 is 2.78 bits per heavy atom. The molecule has 1 fully saturated rings. The molecule has 0 bridgehead atoms. The summed E-state index contributed by atoms with van der Waals surface area (Å²) in [5, 5.41) is 5.79. The van der Waals surface area contributed by atoms with E-state index < -0.39 is 0 Å². The van der Waals surface area contributed by atoms with Crippen LogP contribution in [0, 0.1) is 5.92 Å². The third-order valence-corrected chi connectivity index (χ3v) is 4.62. The number of esters is 1. The van der Waals surface area contributed by atoms with Crippen molar-refractivity contribution in [3.8, 4) is 0 Å². The molecule has 1 aromatic heterocycles. The molecule has 2 heterocycles. The minimum Gasteiger partial charge on any atom is -0.466 e. The highest BCUT2D eigenvalue weighted by atomic mass is 16.5. The molecule has 1 saturated heterocycles. The Morgan fingerprint density at radius 1 is 1.30 bits per heavy atom. The number of piperidine rings is 1. The van der Waals surface area contributed by atoms with Crippen molar-refractivity contribution in [2.75, 3.05) is 26.7 Å². The van der Waals surface area contributed by atoms with Gasteiger partial charge in [-0.1, -0.05) is 18.2 Å². The van der Waals surface area contributed by atoms with Gasteiger partial charge in [0, 0.05) is 11.9 Å². The fourth-order valence-electron chi connectivity index (χ4n) is 3.30. The van der Waals surface area contributed by atoms with E-state index in [9.17, 15) is 4.79 Å². The molecule has 0 spiro atoms. The molecule has 0 radical (unpaired) electrons. The Bertz CT molecular complexity index is 672. The van der Waals surface area contributed by atoms with Gasteiger partial charge in [0.2, 0.25) is 0 Å². The van der Waals surface area contributed by atoms with E-state index >= 15 is 0 Å². The molecular weight excluding hydrogens is 290 g/mol. The molecule has 5 nitrogen and oxygen atoms in total. The standard InChI is InChI=1S/C18H25N3O2/c1-3-23-18(22)12-16-15-6-4-5-7-17(15)21(19-16)13-14-8-10-20(2)11-9-14/h4-7,14H,3,8-13H2,1-2H3. The maximum atomic E-state index is 11.8. The first-order valence-electron chi connectivity index (χ1n) is 8.46. The molecule has 1 aromatic carbocycles. The van der Waals surface area contributed by atoms with Gasteiger partial charge in [0.15, 0.2) is 0 Å². The number of nitrogens with zero attached hydrogens (tertiary/aromatic N) is 3. The number of rotatable bonds is 5. The van der Waals surface area contributed by atoms with Gasteiger partial charge in [-0.3, -0.25) is 9.48 Å². The minimum absolute atomic E-state index is 0.206. The molecule has 2 aromatic rings. The zero-order valence-electron chi connectivity index (χ0n) is 14.0.